The topological polar surface area (TPSA) is 29.0 Å². The second-order valence-corrected chi connectivity index (χ2v) is 5.02. The number of aryl methyl sites for hydroxylation is 1. The fourth-order valence-electron chi connectivity index (χ4n) is 1.44. The van der Waals surface area contributed by atoms with Gasteiger partial charge in [-0.3, -0.25) is 0 Å². The minimum absolute atomic E-state index is 0.767. The van der Waals surface area contributed by atoms with Crippen molar-refractivity contribution in [1.29, 1.82) is 0 Å². The van der Waals surface area contributed by atoms with Gasteiger partial charge in [-0.05, 0) is 19.3 Å². The Morgan fingerprint density at radius 3 is 2.81 bits per heavy atom. The lowest BCUT2D eigenvalue weighted by Crippen LogP contribution is -2.18. The monoisotopic (exact) mass is 261 g/mol. The number of anilines is 1. The summed E-state index contributed by atoms with van der Waals surface area (Å²) in [4.78, 5) is 6.69. The minimum Gasteiger partial charge on any atom is -0.350 e. The molecule has 0 fully saturated rings. The van der Waals surface area contributed by atoms with Gasteiger partial charge in [0.05, 0.1) is 0 Å². The van der Waals surface area contributed by atoms with Crippen LogP contribution in [0.3, 0.4) is 0 Å². The van der Waals surface area contributed by atoms with Gasteiger partial charge < -0.3 is 4.90 Å². The highest BCUT2D eigenvalue weighted by Crippen LogP contribution is 2.17. The van der Waals surface area contributed by atoms with Crippen LogP contribution < -0.4 is 4.90 Å². The second-order valence-electron chi connectivity index (χ2n) is 3.91. The highest BCUT2D eigenvalue weighted by atomic mass is 35.5. The first-order valence-corrected chi connectivity index (χ1v) is 7.18. The van der Waals surface area contributed by atoms with E-state index in [1.54, 1.807) is 0 Å². The molecule has 0 atom stereocenters. The molecule has 5 heteroatoms. The van der Waals surface area contributed by atoms with Gasteiger partial charge in [0, 0.05) is 37.4 Å². The first-order valence-electron chi connectivity index (χ1n) is 5.87. The van der Waals surface area contributed by atoms with Crippen molar-refractivity contribution in [3.63, 3.8) is 0 Å². The summed E-state index contributed by atoms with van der Waals surface area (Å²) >= 11 is 7.14. The van der Waals surface area contributed by atoms with Crippen molar-refractivity contribution in [2.24, 2.45) is 0 Å². The molecular weight excluding hydrogens is 242 g/mol. The maximum atomic E-state index is 5.64. The Morgan fingerprint density at radius 2 is 2.12 bits per heavy atom. The van der Waals surface area contributed by atoms with Gasteiger partial charge in [0.2, 0.25) is 5.13 Å². The van der Waals surface area contributed by atoms with Crippen molar-refractivity contribution in [3.05, 3.63) is 5.82 Å². The number of alkyl halides is 1. The van der Waals surface area contributed by atoms with E-state index < -0.39 is 0 Å². The lowest BCUT2D eigenvalue weighted by molar-refractivity contribution is 0.705. The Bertz CT molecular complexity index is 291. The first-order chi connectivity index (χ1) is 7.77. The maximum absolute atomic E-state index is 5.64. The van der Waals surface area contributed by atoms with E-state index in [1.807, 2.05) is 0 Å². The van der Waals surface area contributed by atoms with E-state index in [0.717, 1.165) is 42.6 Å². The Morgan fingerprint density at radius 1 is 1.31 bits per heavy atom. The zero-order valence-electron chi connectivity index (χ0n) is 10.1. The Hall–Kier alpha value is -0.350. The van der Waals surface area contributed by atoms with Crippen LogP contribution in [0.2, 0.25) is 0 Å². The molecule has 0 amide bonds. The summed E-state index contributed by atoms with van der Waals surface area (Å²) in [6.45, 7) is 3.19. The number of unbranched alkanes of at least 4 members (excludes halogenated alkanes) is 2. The molecule has 0 saturated heterocycles. The zero-order valence-corrected chi connectivity index (χ0v) is 11.7. The number of rotatable bonds is 8. The van der Waals surface area contributed by atoms with Crippen LogP contribution in [0.1, 0.15) is 38.4 Å². The summed E-state index contributed by atoms with van der Waals surface area (Å²) in [5.41, 5.74) is 0. The molecule has 1 aromatic heterocycles. The van der Waals surface area contributed by atoms with Crippen LogP contribution >= 0.6 is 23.1 Å². The van der Waals surface area contributed by atoms with Gasteiger partial charge in [-0.25, -0.2) is 4.98 Å². The molecule has 0 aliphatic heterocycles. The van der Waals surface area contributed by atoms with Gasteiger partial charge >= 0.3 is 0 Å². The molecule has 0 unspecified atom stereocenters. The van der Waals surface area contributed by atoms with Gasteiger partial charge in [-0.2, -0.15) is 4.37 Å². The maximum Gasteiger partial charge on any atom is 0.204 e. The Balaban J connectivity index is 2.31. The van der Waals surface area contributed by atoms with Crippen LogP contribution in [0.5, 0.6) is 0 Å². The fourth-order valence-corrected chi connectivity index (χ4v) is 2.33. The molecule has 16 heavy (non-hydrogen) atoms. The normalized spacial score (nSPS) is 10.7. The minimum atomic E-state index is 0.767. The van der Waals surface area contributed by atoms with Crippen LogP contribution in [0.25, 0.3) is 0 Å². The van der Waals surface area contributed by atoms with Crippen molar-refractivity contribution < 1.29 is 0 Å². The van der Waals surface area contributed by atoms with E-state index in [2.05, 4.69) is 28.2 Å². The molecule has 0 radical (unpaired) electrons. The summed E-state index contributed by atoms with van der Waals surface area (Å²) in [5, 5.41) is 1.04. The molecular formula is C11H20ClN3S. The average molecular weight is 262 g/mol. The molecule has 1 aromatic rings. The molecule has 1 heterocycles. The fraction of sp³-hybridized carbons (Fsp3) is 0.818. The summed E-state index contributed by atoms with van der Waals surface area (Å²) in [6, 6.07) is 0. The van der Waals surface area contributed by atoms with Gasteiger partial charge in [-0.1, -0.05) is 13.3 Å². The highest BCUT2D eigenvalue weighted by Gasteiger charge is 2.07. The van der Waals surface area contributed by atoms with Gasteiger partial charge in [0.1, 0.15) is 5.82 Å². The number of hydrogen-bond acceptors (Lipinski definition) is 4. The summed E-state index contributed by atoms with van der Waals surface area (Å²) in [6.07, 6.45) is 5.55. The number of halogens is 1. The van der Waals surface area contributed by atoms with Gasteiger partial charge in [0.25, 0.3) is 0 Å². The van der Waals surface area contributed by atoms with Crippen LogP contribution in [-0.4, -0.2) is 28.8 Å². The molecule has 92 valence electrons. The van der Waals surface area contributed by atoms with E-state index in [9.17, 15) is 0 Å². The molecule has 0 aliphatic rings. The highest BCUT2D eigenvalue weighted by molar-refractivity contribution is 7.09. The standard InChI is InChI=1S/C11H20ClN3S/c1-3-7-10-13-11(16-14-10)15(2)9-6-4-5-8-12/h3-9H2,1-2H3. The number of aromatic nitrogens is 2. The van der Waals surface area contributed by atoms with Crippen molar-refractivity contribution in [2.75, 3.05) is 24.4 Å². The summed E-state index contributed by atoms with van der Waals surface area (Å²) in [7, 11) is 2.08. The third-order valence-corrected chi connectivity index (χ3v) is 3.52. The molecule has 0 aromatic carbocycles. The zero-order chi connectivity index (χ0) is 11.8. The lowest BCUT2D eigenvalue weighted by Gasteiger charge is -2.14. The van der Waals surface area contributed by atoms with E-state index in [0.29, 0.717) is 0 Å². The average Bonchev–Trinajstić information content (AvgIpc) is 2.73. The summed E-state index contributed by atoms with van der Waals surface area (Å²) in [5.74, 6) is 1.75. The second kappa shape index (κ2) is 7.85. The third-order valence-electron chi connectivity index (χ3n) is 2.38. The SMILES string of the molecule is CCCc1nsc(N(C)CCCCCCl)n1. The molecule has 1 rings (SSSR count). The molecule has 0 aliphatic carbocycles. The van der Waals surface area contributed by atoms with E-state index in [1.165, 1.54) is 24.4 Å². The van der Waals surface area contributed by atoms with Crippen molar-refractivity contribution in [3.8, 4) is 0 Å². The molecule has 0 saturated carbocycles. The summed E-state index contributed by atoms with van der Waals surface area (Å²) < 4.78 is 4.34. The van der Waals surface area contributed by atoms with Crippen LogP contribution in [-0.2, 0) is 6.42 Å². The number of hydrogen-bond donors (Lipinski definition) is 0. The number of nitrogens with zero attached hydrogens (tertiary/aromatic N) is 3. The van der Waals surface area contributed by atoms with Crippen molar-refractivity contribution in [2.45, 2.75) is 39.0 Å². The molecule has 0 N–H and O–H groups in total. The van der Waals surface area contributed by atoms with Crippen molar-refractivity contribution in [1.82, 2.24) is 9.36 Å². The van der Waals surface area contributed by atoms with Crippen molar-refractivity contribution >= 4 is 28.3 Å². The molecule has 0 bridgehead atoms. The van der Waals surface area contributed by atoms with Crippen LogP contribution in [0.15, 0.2) is 0 Å². The largest absolute Gasteiger partial charge is 0.350 e. The predicted octanol–water partition coefficient (Wildman–Crippen LogP) is 3.34. The lowest BCUT2D eigenvalue weighted by atomic mass is 10.2. The smallest absolute Gasteiger partial charge is 0.204 e. The van der Waals surface area contributed by atoms with Gasteiger partial charge in [0.15, 0.2) is 0 Å². The Labute approximate surface area is 107 Å². The van der Waals surface area contributed by atoms with E-state index >= 15 is 0 Å². The first kappa shape index (κ1) is 13.7. The third kappa shape index (κ3) is 4.66. The quantitative estimate of drug-likeness (QED) is 0.531. The van der Waals surface area contributed by atoms with E-state index in [-0.39, 0.29) is 0 Å². The Kier molecular flexibility index (Phi) is 6.73. The van der Waals surface area contributed by atoms with E-state index in [4.69, 9.17) is 11.6 Å². The predicted molar refractivity (Wildman–Crippen MR) is 71.7 cm³/mol. The van der Waals surface area contributed by atoms with Crippen LogP contribution in [0, 0.1) is 0 Å². The molecule has 0 spiro atoms. The van der Waals surface area contributed by atoms with Crippen LogP contribution in [0.4, 0.5) is 5.13 Å². The molecule has 3 nitrogen and oxygen atoms in total. The van der Waals surface area contributed by atoms with Gasteiger partial charge in [-0.15, -0.1) is 11.6 Å².